The standard InChI is InChI=1S/C30H34N6O4/c1-34(2)22-12-10-21(11-13-22)29(30(38)31-19-25-7-6-18-40-25)36(23-14-16-24(39-3)17-15-23)28(37)20-35-27-9-5-4-8-26(27)32-33-35/h4-5,8-17,25,29H,6-7,18-20H2,1-3H3,(H,31,38)/t25-,29-/m0/s1. The van der Waals surface area contributed by atoms with Gasteiger partial charge in [-0.1, -0.05) is 29.5 Å². The van der Waals surface area contributed by atoms with Crippen molar-refractivity contribution in [1.82, 2.24) is 20.3 Å². The number of carbonyl (C=O) groups excluding carboxylic acids is 2. The first kappa shape index (κ1) is 27.1. The zero-order valence-electron chi connectivity index (χ0n) is 23.0. The maximum atomic E-state index is 14.2. The fourth-order valence-corrected chi connectivity index (χ4v) is 4.91. The summed E-state index contributed by atoms with van der Waals surface area (Å²) in [6.45, 7) is 0.972. The topological polar surface area (TPSA) is 102 Å². The van der Waals surface area contributed by atoms with Gasteiger partial charge in [-0.25, -0.2) is 4.68 Å². The van der Waals surface area contributed by atoms with Gasteiger partial charge in [0.15, 0.2) is 0 Å². The lowest BCUT2D eigenvalue weighted by Crippen LogP contribution is -2.46. The number of amides is 2. The van der Waals surface area contributed by atoms with Crippen LogP contribution in [0.15, 0.2) is 72.8 Å². The summed E-state index contributed by atoms with van der Waals surface area (Å²) in [7, 11) is 5.49. The average molecular weight is 543 g/mol. The molecule has 0 aliphatic carbocycles. The molecular formula is C30H34N6O4. The fraction of sp³-hybridized carbons (Fsp3) is 0.333. The molecule has 1 aliphatic rings. The molecule has 2 atom stereocenters. The van der Waals surface area contributed by atoms with E-state index in [2.05, 4.69) is 15.6 Å². The third-order valence-electron chi connectivity index (χ3n) is 7.08. The Bertz CT molecular complexity index is 1450. The van der Waals surface area contributed by atoms with Crippen LogP contribution < -0.4 is 19.9 Å². The van der Waals surface area contributed by atoms with Crippen molar-refractivity contribution >= 4 is 34.2 Å². The second-order valence-corrected chi connectivity index (χ2v) is 9.97. The van der Waals surface area contributed by atoms with E-state index in [1.807, 2.05) is 67.5 Å². The van der Waals surface area contributed by atoms with Gasteiger partial charge in [0.25, 0.3) is 0 Å². The zero-order chi connectivity index (χ0) is 28.1. The average Bonchev–Trinajstić information content (AvgIpc) is 3.65. The summed E-state index contributed by atoms with van der Waals surface area (Å²) in [4.78, 5) is 31.6. The van der Waals surface area contributed by atoms with Crippen LogP contribution in [-0.4, -0.2) is 67.3 Å². The minimum atomic E-state index is -0.937. The van der Waals surface area contributed by atoms with E-state index < -0.39 is 6.04 Å². The summed E-state index contributed by atoms with van der Waals surface area (Å²) < 4.78 is 12.6. The van der Waals surface area contributed by atoms with Crippen LogP contribution in [0.5, 0.6) is 5.75 Å². The van der Waals surface area contributed by atoms with Crippen LogP contribution in [0.4, 0.5) is 11.4 Å². The first-order chi connectivity index (χ1) is 19.4. The quantitative estimate of drug-likeness (QED) is 0.327. The van der Waals surface area contributed by atoms with E-state index in [0.717, 1.165) is 24.0 Å². The number of aromatic nitrogens is 3. The highest BCUT2D eigenvalue weighted by molar-refractivity contribution is 6.01. The van der Waals surface area contributed by atoms with Gasteiger partial charge in [-0.15, -0.1) is 5.10 Å². The van der Waals surface area contributed by atoms with Crippen molar-refractivity contribution in [2.24, 2.45) is 0 Å². The van der Waals surface area contributed by atoms with Crippen LogP contribution in [0.3, 0.4) is 0 Å². The second-order valence-electron chi connectivity index (χ2n) is 9.97. The summed E-state index contributed by atoms with van der Waals surface area (Å²) >= 11 is 0. The molecule has 0 saturated carbocycles. The van der Waals surface area contributed by atoms with E-state index in [1.54, 1.807) is 36.1 Å². The maximum absolute atomic E-state index is 14.2. The molecule has 2 amide bonds. The van der Waals surface area contributed by atoms with Crippen molar-refractivity contribution in [2.45, 2.75) is 31.5 Å². The molecule has 40 heavy (non-hydrogen) atoms. The monoisotopic (exact) mass is 542 g/mol. The minimum absolute atomic E-state index is 0.0348. The Morgan fingerprint density at radius 3 is 2.45 bits per heavy atom. The summed E-state index contributed by atoms with van der Waals surface area (Å²) in [6.07, 6.45) is 1.83. The molecular weight excluding hydrogens is 508 g/mol. The highest BCUT2D eigenvalue weighted by Gasteiger charge is 2.34. The first-order valence-electron chi connectivity index (χ1n) is 13.4. The Morgan fingerprint density at radius 1 is 1.05 bits per heavy atom. The molecule has 1 aliphatic heterocycles. The molecule has 10 heteroatoms. The van der Waals surface area contributed by atoms with E-state index in [9.17, 15) is 9.59 Å². The van der Waals surface area contributed by atoms with Crippen molar-refractivity contribution < 1.29 is 19.1 Å². The highest BCUT2D eigenvalue weighted by atomic mass is 16.5. The number of hydrogen-bond donors (Lipinski definition) is 1. The summed E-state index contributed by atoms with van der Waals surface area (Å²) in [5.74, 6) is 0.0450. The maximum Gasteiger partial charge on any atom is 0.249 e. The molecule has 3 aromatic carbocycles. The number of methoxy groups -OCH3 is 1. The molecule has 0 radical (unpaired) electrons. The molecule has 1 N–H and O–H groups in total. The van der Waals surface area contributed by atoms with Crippen LogP contribution in [-0.2, 0) is 20.9 Å². The number of nitrogens with zero attached hydrogens (tertiary/aromatic N) is 5. The number of carbonyl (C=O) groups is 2. The van der Waals surface area contributed by atoms with E-state index in [-0.39, 0.29) is 24.5 Å². The number of rotatable bonds is 10. The Kier molecular flexibility index (Phi) is 8.26. The van der Waals surface area contributed by atoms with Gasteiger partial charge in [-0.05, 0) is 66.9 Å². The Hall–Kier alpha value is -4.44. The summed E-state index contributed by atoms with van der Waals surface area (Å²) in [5, 5.41) is 11.5. The number of anilines is 2. The number of para-hydroxylation sites is 1. The van der Waals surface area contributed by atoms with Crippen molar-refractivity contribution in [1.29, 1.82) is 0 Å². The third kappa shape index (κ3) is 5.91. The van der Waals surface area contributed by atoms with E-state index in [0.29, 0.717) is 35.7 Å². The molecule has 0 bridgehead atoms. The first-order valence-corrected chi connectivity index (χ1v) is 13.4. The highest BCUT2D eigenvalue weighted by Crippen LogP contribution is 2.31. The van der Waals surface area contributed by atoms with Crippen molar-refractivity contribution in [3.05, 3.63) is 78.4 Å². The Morgan fingerprint density at radius 2 is 1.77 bits per heavy atom. The van der Waals surface area contributed by atoms with Gasteiger partial charge in [0.05, 0.1) is 18.7 Å². The van der Waals surface area contributed by atoms with Gasteiger partial charge in [-0.3, -0.25) is 14.5 Å². The van der Waals surface area contributed by atoms with Crippen LogP contribution >= 0.6 is 0 Å². The number of benzene rings is 3. The second kappa shape index (κ2) is 12.2. The van der Waals surface area contributed by atoms with E-state index in [1.165, 1.54) is 4.90 Å². The fourth-order valence-electron chi connectivity index (χ4n) is 4.91. The summed E-state index contributed by atoms with van der Waals surface area (Å²) in [6, 6.07) is 21.3. The molecule has 0 unspecified atom stereocenters. The predicted molar refractivity (Wildman–Crippen MR) is 154 cm³/mol. The van der Waals surface area contributed by atoms with Crippen LogP contribution in [0.1, 0.15) is 24.4 Å². The van der Waals surface area contributed by atoms with E-state index in [4.69, 9.17) is 9.47 Å². The predicted octanol–water partition coefficient (Wildman–Crippen LogP) is 3.58. The molecule has 4 aromatic rings. The normalized spacial score (nSPS) is 15.5. The van der Waals surface area contributed by atoms with Gasteiger partial charge < -0.3 is 19.7 Å². The van der Waals surface area contributed by atoms with Gasteiger partial charge in [0, 0.05) is 38.6 Å². The van der Waals surface area contributed by atoms with Crippen LogP contribution in [0.25, 0.3) is 11.0 Å². The molecule has 2 heterocycles. The van der Waals surface area contributed by atoms with Crippen molar-refractivity contribution in [3.8, 4) is 5.75 Å². The molecule has 5 rings (SSSR count). The van der Waals surface area contributed by atoms with E-state index >= 15 is 0 Å². The van der Waals surface area contributed by atoms with Gasteiger partial charge in [0.2, 0.25) is 11.8 Å². The van der Waals surface area contributed by atoms with Gasteiger partial charge >= 0.3 is 0 Å². The zero-order valence-corrected chi connectivity index (χ0v) is 23.0. The molecule has 10 nitrogen and oxygen atoms in total. The lowest BCUT2D eigenvalue weighted by molar-refractivity contribution is -0.127. The van der Waals surface area contributed by atoms with Gasteiger partial charge in [0.1, 0.15) is 23.9 Å². The molecule has 1 fully saturated rings. The Labute approximate surface area is 233 Å². The number of fused-ring (bicyclic) bond motifs is 1. The molecule has 1 aromatic heterocycles. The SMILES string of the molecule is COc1ccc(N(C(=O)Cn2nnc3ccccc32)[C@H](C(=O)NC[C@@H]2CCCO2)c2ccc(N(C)C)cc2)cc1. The number of ether oxygens (including phenoxy) is 2. The minimum Gasteiger partial charge on any atom is -0.497 e. The third-order valence-corrected chi connectivity index (χ3v) is 7.08. The molecule has 1 saturated heterocycles. The number of nitrogens with one attached hydrogen (secondary N) is 1. The van der Waals surface area contributed by atoms with Crippen LogP contribution in [0.2, 0.25) is 0 Å². The lowest BCUT2D eigenvalue weighted by Gasteiger charge is -2.32. The molecule has 0 spiro atoms. The van der Waals surface area contributed by atoms with Gasteiger partial charge in [-0.2, -0.15) is 0 Å². The smallest absolute Gasteiger partial charge is 0.249 e. The molecule has 208 valence electrons. The van der Waals surface area contributed by atoms with Crippen molar-refractivity contribution in [3.63, 3.8) is 0 Å². The lowest BCUT2D eigenvalue weighted by atomic mass is 10.0. The Balaban J connectivity index is 1.54. The van der Waals surface area contributed by atoms with Crippen molar-refractivity contribution in [2.75, 3.05) is 44.2 Å². The van der Waals surface area contributed by atoms with Crippen LogP contribution in [0, 0.1) is 0 Å². The number of hydrogen-bond acceptors (Lipinski definition) is 7. The largest absolute Gasteiger partial charge is 0.497 e. The summed E-state index contributed by atoms with van der Waals surface area (Å²) in [5.41, 5.74) is 3.66.